The standard InChI is InChI=1S/C29H42N8O3/c1-18(2)15-25-27-32-20(4)34-37(27)14-13-36(12-8-11-26(38)35(5)19(3)28(39)33-25)29(40)23(30)16-21-17-31-24-10-7-6-9-22(21)24/h6-7,9-10,17-19,23,25,31H,8,11-16,30H2,1-5H3,(H,33,39)/t19-,23+,25+/m0/s1. The second kappa shape index (κ2) is 12.6. The number of para-hydroxylation sites is 1. The molecule has 11 heteroatoms. The molecule has 0 radical (unpaired) electrons. The van der Waals surface area contributed by atoms with E-state index in [0.29, 0.717) is 50.5 Å². The molecule has 0 fully saturated rings. The van der Waals surface area contributed by atoms with Crippen molar-refractivity contribution in [1.82, 2.24) is 34.9 Å². The predicted octanol–water partition coefficient (Wildman–Crippen LogP) is 2.31. The fourth-order valence-electron chi connectivity index (χ4n) is 5.28. The van der Waals surface area contributed by atoms with Gasteiger partial charge in [0.2, 0.25) is 17.7 Å². The molecule has 0 saturated carbocycles. The van der Waals surface area contributed by atoms with E-state index in [2.05, 4.69) is 34.2 Å². The van der Waals surface area contributed by atoms with E-state index in [-0.39, 0.29) is 36.1 Å². The van der Waals surface area contributed by atoms with E-state index in [9.17, 15) is 14.4 Å². The molecule has 11 nitrogen and oxygen atoms in total. The molecule has 40 heavy (non-hydrogen) atoms. The van der Waals surface area contributed by atoms with E-state index in [1.54, 1.807) is 23.6 Å². The summed E-state index contributed by atoms with van der Waals surface area (Å²) in [4.78, 5) is 50.9. The number of likely N-dealkylation sites (N-methyl/N-ethyl adjacent to an activating group) is 1. The Morgan fingerprint density at radius 2 is 1.93 bits per heavy atom. The van der Waals surface area contributed by atoms with Crippen LogP contribution in [-0.4, -0.2) is 79.5 Å². The van der Waals surface area contributed by atoms with Gasteiger partial charge < -0.3 is 25.8 Å². The Labute approximate surface area is 235 Å². The monoisotopic (exact) mass is 550 g/mol. The van der Waals surface area contributed by atoms with Crippen LogP contribution >= 0.6 is 0 Å². The third-order valence-electron chi connectivity index (χ3n) is 7.64. The fourth-order valence-corrected chi connectivity index (χ4v) is 5.28. The number of amides is 3. The Balaban J connectivity index is 1.60. The molecule has 0 saturated heterocycles. The molecule has 3 aromatic rings. The number of aryl methyl sites for hydroxylation is 1. The van der Waals surface area contributed by atoms with Crippen molar-refractivity contribution in [2.24, 2.45) is 11.7 Å². The number of carbonyl (C=O) groups is 3. The van der Waals surface area contributed by atoms with E-state index in [4.69, 9.17) is 5.73 Å². The van der Waals surface area contributed by atoms with Crippen LogP contribution in [0.2, 0.25) is 0 Å². The molecule has 2 aromatic heterocycles. The van der Waals surface area contributed by atoms with E-state index in [1.807, 2.05) is 37.4 Å². The second-order valence-electron chi connectivity index (χ2n) is 11.2. The molecule has 0 spiro atoms. The summed E-state index contributed by atoms with van der Waals surface area (Å²) in [7, 11) is 1.64. The first-order valence-electron chi connectivity index (χ1n) is 14.1. The van der Waals surface area contributed by atoms with Crippen molar-refractivity contribution in [1.29, 1.82) is 0 Å². The zero-order valence-corrected chi connectivity index (χ0v) is 24.2. The van der Waals surface area contributed by atoms with Gasteiger partial charge >= 0.3 is 0 Å². The zero-order chi connectivity index (χ0) is 29.0. The van der Waals surface area contributed by atoms with Gasteiger partial charge in [-0.05, 0) is 50.7 Å². The van der Waals surface area contributed by atoms with Crippen molar-refractivity contribution < 1.29 is 14.4 Å². The van der Waals surface area contributed by atoms with Crippen LogP contribution in [0.1, 0.15) is 63.3 Å². The Hall–Kier alpha value is -3.73. The Morgan fingerprint density at radius 1 is 1.18 bits per heavy atom. The lowest BCUT2D eigenvalue weighted by Gasteiger charge is -2.30. The molecular weight excluding hydrogens is 508 g/mol. The number of rotatable bonds is 5. The number of fused-ring (bicyclic) bond motifs is 2. The van der Waals surface area contributed by atoms with Gasteiger partial charge in [0.05, 0.1) is 18.6 Å². The average Bonchev–Trinajstić information content (AvgIpc) is 3.50. The summed E-state index contributed by atoms with van der Waals surface area (Å²) in [6.07, 6.45) is 3.64. The molecule has 1 aliphatic rings. The Bertz CT molecular complexity index is 1350. The summed E-state index contributed by atoms with van der Waals surface area (Å²) in [6.45, 7) is 8.84. The second-order valence-corrected chi connectivity index (χ2v) is 11.2. The molecule has 0 aliphatic carbocycles. The topological polar surface area (TPSA) is 142 Å². The molecule has 0 unspecified atom stereocenters. The molecule has 216 valence electrons. The van der Waals surface area contributed by atoms with Crippen LogP contribution in [0.15, 0.2) is 30.5 Å². The molecule has 3 heterocycles. The summed E-state index contributed by atoms with van der Waals surface area (Å²) < 4.78 is 1.79. The zero-order valence-electron chi connectivity index (χ0n) is 24.2. The quantitative estimate of drug-likeness (QED) is 0.445. The van der Waals surface area contributed by atoms with Crippen molar-refractivity contribution in [3.63, 3.8) is 0 Å². The average molecular weight is 551 g/mol. The molecular formula is C29H42N8O3. The highest BCUT2D eigenvalue weighted by Gasteiger charge is 2.30. The lowest BCUT2D eigenvalue weighted by Crippen LogP contribution is -2.49. The number of aromatic amines is 1. The van der Waals surface area contributed by atoms with Crippen molar-refractivity contribution in [3.8, 4) is 0 Å². The van der Waals surface area contributed by atoms with Gasteiger partial charge in [-0.3, -0.25) is 14.4 Å². The summed E-state index contributed by atoms with van der Waals surface area (Å²) >= 11 is 0. The molecule has 1 aromatic carbocycles. The maximum atomic E-state index is 13.7. The third kappa shape index (κ3) is 6.70. The minimum absolute atomic E-state index is 0.144. The van der Waals surface area contributed by atoms with Gasteiger partial charge in [-0.15, -0.1) is 0 Å². The van der Waals surface area contributed by atoms with Crippen LogP contribution in [0, 0.1) is 12.8 Å². The van der Waals surface area contributed by atoms with E-state index in [0.717, 1.165) is 16.5 Å². The lowest BCUT2D eigenvalue weighted by molar-refractivity contribution is -0.139. The number of aromatic nitrogens is 4. The molecule has 4 N–H and O–H groups in total. The van der Waals surface area contributed by atoms with E-state index in [1.165, 1.54) is 4.90 Å². The number of hydrogen-bond acceptors (Lipinski definition) is 6. The first kappa shape index (κ1) is 29.3. The number of hydrogen-bond donors (Lipinski definition) is 3. The fraction of sp³-hybridized carbons (Fsp3) is 0.552. The van der Waals surface area contributed by atoms with Gasteiger partial charge in [0.25, 0.3) is 0 Å². The third-order valence-corrected chi connectivity index (χ3v) is 7.64. The molecule has 3 atom stereocenters. The van der Waals surface area contributed by atoms with Gasteiger partial charge in [-0.25, -0.2) is 9.67 Å². The summed E-state index contributed by atoms with van der Waals surface area (Å²) in [5.41, 5.74) is 8.48. The number of H-pyrrole nitrogens is 1. The number of nitrogens with zero attached hydrogens (tertiary/aromatic N) is 5. The first-order valence-corrected chi connectivity index (χ1v) is 14.1. The van der Waals surface area contributed by atoms with Crippen LogP contribution in [0.5, 0.6) is 0 Å². The molecule has 0 bridgehead atoms. The van der Waals surface area contributed by atoms with Crippen molar-refractivity contribution in [2.75, 3.05) is 20.1 Å². The minimum Gasteiger partial charge on any atom is -0.361 e. The Kier molecular flexibility index (Phi) is 9.24. The van der Waals surface area contributed by atoms with Crippen LogP contribution in [0.4, 0.5) is 0 Å². The van der Waals surface area contributed by atoms with Gasteiger partial charge in [0.1, 0.15) is 17.7 Å². The van der Waals surface area contributed by atoms with Crippen LogP contribution in [-0.2, 0) is 27.3 Å². The minimum atomic E-state index is -0.735. The lowest BCUT2D eigenvalue weighted by atomic mass is 10.0. The van der Waals surface area contributed by atoms with Gasteiger partial charge in [-0.2, -0.15) is 5.10 Å². The number of carbonyl (C=O) groups excluding carboxylic acids is 3. The molecule has 3 amide bonds. The maximum absolute atomic E-state index is 13.7. The van der Waals surface area contributed by atoms with Crippen LogP contribution in [0.3, 0.4) is 0 Å². The van der Waals surface area contributed by atoms with Crippen molar-refractivity contribution in [3.05, 3.63) is 47.7 Å². The molecule has 4 rings (SSSR count). The van der Waals surface area contributed by atoms with Gasteiger partial charge in [-0.1, -0.05) is 32.0 Å². The highest BCUT2D eigenvalue weighted by atomic mass is 16.2. The summed E-state index contributed by atoms with van der Waals surface area (Å²) in [5, 5.41) is 8.76. The van der Waals surface area contributed by atoms with Gasteiger partial charge in [0, 0.05) is 43.7 Å². The summed E-state index contributed by atoms with van der Waals surface area (Å²) in [6, 6.07) is 6.18. The smallest absolute Gasteiger partial charge is 0.243 e. The van der Waals surface area contributed by atoms with Crippen molar-refractivity contribution in [2.45, 2.75) is 78.0 Å². The Morgan fingerprint density at radius 3 is 2.67 bits per heavy atom. The van der Waals surface area contributed by atoms with E-state index < -0.39 is 12.1 Å². The van der Waals surface area contributed by atoms with Crippen molar-refractivity contribution >= 4 is 28.6 Å². The highest BCUT2D eigenvalue weighted by molar-refractivity contribution is 5.88. The van der Waals surface area contributed by atoms with Gasteiger partial charge in [0.15, 0.2) is 0 Å². The maximum Gasteiger partial charge on any atom is 0.243 e. The number of nitrogens with one attached hydrogen (secondary N) is 2. The summed E-state index contributed by atoms with van der Waals surface area (Å²) in [5.74, 6) is 0.979. The highest BCUT2D eigenvalue weighted by Crippen LogP contribution is 2.22. The number of benzene rings is 1. The number of nitrogens with two attached hydrogens (primary N) is 1. The predicted molar refractivity (Wildman–Crippen MR) is 153 cm³/mol. The SMILES string of the molecule is Cc1nc2n(n1)CCN(C(=O)[C@H](N)Cc1c[nH]c3ccccc13)CCCC(=O)N(C)[C@@H](C)C(=O)N[C@@H]2CC(C)C. The van der Waals surface area contributed by atoms with Crippen LogP contribution in [0.25, 0.3) is 10.9 Å². The van der Waals surface area contributed by atoms with E-state index >= 15 is 0 Å². The molecule has 1 aliphatic heterocycles. The van der Waals surface area contributed by atoms with Crippen LogP contribution < -0.4 is 11.1 Å². The largest absolute Gasteiger partial charge is 0.361 e. The normalized spacial score (nSPS) is 20.4. The first-order chi connectivity index (χ1) is 19.0.